The van der Waals surface area contributed by atoms with Crippen LogP contribution in [0.1, 0.15) is 25.3 Å². The smallest absolute Gasteiger partial charge is 0.129 e. The maximum Gasteiger partial charge on any atom is 0.129 e. The number of aromatic amines is 1. The number of carbonyl (C=O) groups is 1. The van der Waals surface area contributed by atoms with E-state index in [4.69, 9.17) is 0 Å². The molecule has 0 saturated carbocycles. The fourth-order valence-electron chi connectivity index (χ4n) is 1.45. The van der Waals surface area contributed by atoms with Crippen LogP contribution < -0.4 is 0 Å². The van der Waals surface area contributed by atoms with Crippen molar-refractivity contribution in [3.05, 3.63) is 24.0 Å². The van der Waals surface area contributed by atoms with Gasteiger partial charge in [0.05, 0.1) is 0 Å². The largest absolute Gasteiger partial charge is 0.367 e. The van der Waals surface area contributed by atoms with Gasteiger partial charge >= 0.3 is 0 Å². The van der Waals surface area contributed by atoms with Crippen molar-refractivity contribution in [2.24, 2.45) is 0 Å². The molecule has 0 saturated heterocycles. The molecule has 0 aliphatic heterocycles. The van der Waals surface area contributed by atoms with Crippen LogP contribution in [0, 0.1) is 0 Å². The van der Waals surface area contributed by atoms with E-state index >= 15 is 0 Å². The minimum absolute atomic E-state index is 0.278. The van der Waals surface area contributed by atoms with E-state index in [0.29, 0.717) is 6.42 Å². The molecule has 1 aromatic heterocycles. The first-order chi connectivity index (χ1) is 6.68. The molecule has 1 aromatic rings. The normalized spacial score (nSPS) is 10.8. The lowest BCUT2D eigenvalue weighted by Gasteiger charge is -2.14. The van der Waals surface area contributed by atoms with Crippen LogP contribution in [0.3, 0.4) is 0 Å². The van der Waals surface area contributed by atoms with Crippen molar-refractivity contribution in [3.63, 3.8) is 0 Å². The summed E-state index contributed by atoms with van der Waals surface area (Å²) >= 11 is 0. The molecule has 0 spiro atoms. The van der Waals surface area contributed by atoms with Crippen molar-refractivity contribution >= 4 is 5.78 Å². The Morgan fingerprint density at radius 1 is 1.57 bits per heavy atom. The number of nitrogens with zero attached hydrogens (tertiary/aromatic N) is 1. The highest BCUT2D eigenvalue weighted by Gasteiger charge is 2.01. The van der Waals surface area contributed by atoms with Crippen molar-refractivity contribution in [3.8, 4) is 0 Å². The quantitative estimate of drug-likeness (QED) is 0.749. The van der Waals surface area contributed by atoms with E-state index < -0.39 is 0 Å². The second-order valence-corrected chi connectivity index (χ2v) is 3.76. The highest BCUT2D eigenvalue weighted by molar-refractivity contribution is 5.75. The zero-order chi connectivity index (χ0) is 10.4. The SMILES string of the molecule is CC(=O)CCCN(C)Cc1cc[nH]c1. The molecule has 0 aliphatic carbocycles. The summed E-state index contributed by atoms with van der Waals surface area (Å²) in [5.74, 6) is 0.278. The van der Waals surface area contributed by atoms with Crippen molar-refractivity contribution in [1.82, 2.24) is 9.88 Å². The fraction of sp³-hybridized carbons (Fsp3) is 0.545. The summed E-state index contributed by atoms with van der Waals surface area (Å²) in [6, 6.07) is 2.07. The second kappa shape index (κ2) is 5.60. The summed E-state index contributed by atoms with van der Waals surface area (Å²) in [6.07, 6.45) is 5.58. The summed E-state index contributed by atoms with van der Waals surface area (Å²) < 4.78 is 0. The first kappa shape index (κ1) is 11.0. The minimum Gasteiger partial charge on any atom is -0.367 e. The number of ketones is 1. The highest BCUT2D eigenvalue weighted by Crippen LogP contribution is 2.02. The van der Waals surface area contributed by atoms with Gasteiger partial charge in [-0.25, -0.2) is 0 Å². The minimum atomic E-state index is 0.278. The number of nitrogens with one attached hydrogen (secondary N) is 1. The number of carbonyl (C=O) groups excluding carboxylic acids is 1. The Balaban J connectivity index is 2.16. The van der Waals surface area contributed by atoms with E-state index in [-0.39, 0.29) is 5.78 Å². The van der Waals surface area contributed by atoms with E-state index in [1.54, 1.807) is 6.92 Å². The third-order valence-electron chi connectivity index (χ3n) is 2.18. The molecule has 0 unspecified atom stereocenters. The average molecular weight is 194 g/mol. The summed E-state index contributed by atoms with van der Waals surface area (Å²) in [5, 5.41) is 0. The van der Waals surface area contributed by atoms with Gasteiger partial charge in [-0.05, 0) is 38.6 Å². The van der Waals surface area contributed by atoms with Gasteiger partial charge < -0.3 is 14.7 Å². The first-order valence-electron chi connectivity index (χ1n) is 4.98. The Kier molecular flexibility index (Phi) is 4.40. The predicted molar refractivity (Wildman–Crippen MR) is 57.0 cm³/mol. The van der Waals surface area contributed by atoms with Crippen LogP contribution in [0.4, 0.5) is 0 Å². The number of hydrogen-bond acceptors (Lipinski definition) is 2. The van der Waals surface area contributed by atoms with Gasteiger partial charge in [0.2, 0.25) is 0 Å². The zero-order valence-electron chi connectivity index (χ0n) is 8.92. The molecule has 0 aliphatic rings. The van der Waals surface area contributed by atoms with Crippen molar-refractivity contribution < 1.29 is 4.79 Å². The number of aromatic nitrogens is 1. The van der Waals surface area contributed by atoms with Crippen LogP contribution in [0.2, 0.25) is 0 Å². The third-order valence-corrected chi connectivity index (χ3v) is 2.18. The molecule has 0 radical (unpaired) electrons. The first-order valence-corrected chi connectivity index (χ1v) is 4.98. The molecule has 3 heteroatoms. The van der Waals surface area contributed by atoms with Gasteiger partial charge in [0, 0.05) is 25.4 Å². The fourth-order valence-corrected chi connectivity index (χ4v) is 1.45. The molecule has 1 rings (SSSR count). The Morgan fingerprint density at radius 3 is 2.93 bits per heavy atom. The van der Waals surface area contributed by atoms with Crippen LogP contribution in [0.5, 0.6) is 0 Å². The number of Topliss-reactive ketones (excluding diaryl/α,β-unsaturated/α-hetero) is 1. The molecular formula is C11H18N2O. The number of hydrogen-bond donors (Lipinski definition) is 1. The highest BCUT2D eigenvalue weighted by atomic mass is 16.1. The molecular weight excluding hydrogens is 176 g/mol. The van der Waals surface area contributed by atoms with Crippen LogP contribution in [0.15, 0.2) is 18.5 Å². The van der Waals surface area contributed by atoms with Gasteiger partial charge in [-0.3, -0.25) is 0 Å². The van der Waals surface area contributed by atoms with Gasteiger partial charge in [-0.1, -0.05) is 0 Å². The Morgan fingerprint density at radius 2 is 2.36 bits per heavy atom. The predicted octanol–water partition coefficient (Wildman–Crippen LogP) is 1.82. The van der Waals surface area contributed by atoms with Gasteiger partial charge in [-0.15, -0.1) is 0 Å². The molecule has 1 heterocycles. The summed E-state index contributed by atoms with van der Waals surface area (Å²) in [5.41, 5.74) is 1.29. The van der Waals surface area contributed by atoms with E-state index in [2.05, 4.69) is 23.0 Å². The molecule has 3 nitrogen and oxygen atoms in total. The Labute approximate surface area is 85.1 Å². The van der Waals surface area contributed by atoms with E-state index in [1.807, 2.05) is 12.4 Å². The molecule has 0 bridgehead atoms. The van der Waals surface area contributed by atoms with E-state index in [9.17, 15) is 4.79 Å². The van der Waals surface area contributed by atoms with E-state index in [1.165, 1.54) is 5.56 Å². The third kappa shape index (κ3) is 4.23. The standard InChI is InChI=1S/C11H18N2O/c1-10(14)4-3-7-13(2)9-11-5-6-12-8-11/h5-6,8,12H,3-4,7,9H2,1-2H3. The number of rotatable bonds is 6. The lowest BCUT2D eigenvalue weighted by molar-refractivity contribution is -0.117. The lowest BCUT2D eigenvalue weighted by Crippen LogP contribution is -2.19. The molecule has 78 valence electrons. The molecule has 14 heavy (non-hydrogen) atoms. The molecule has 0 aromatic carbocycles. The average Bonchev–Trinajstić information content (AvgIpc) is 2.56. The maximum atomic E-state index is 10.7. The molecule has 0 atom stereocenters. The monoisotopic (exact) mass is 194 g/mol. The molecule has 1 N–H and O–H groups in total. The van der Waals surface area contributed by atoms with Crippen LogP contribution in [-0.2, 0) is 11.3 Å². The summed E-state index contributed by atoms with van der Waals surface area (Å²) in [4.78, 5) is 16.0. The Hall–Kier alpha value is -1.09. The maximum absolute atomic E-state index is 10.7. The zero-order valence-corrected chi connectivity index (χ0v) is 8.92. The van der Waals surface area contributed by atoms with Crippen LogP contribution >= 0.6 is 0 Å². The summed E-state index contributed by atoms with van der Waals surface area (Å²) in [7, 11) is 2.08. The van der Waals surface area contributed by atoms with Crippen LogP contribution in [0.25, 0.3) is 0 Å². The molecule has 0 fully saturated rings. The molecule has 0 amide bonds. The van der Waals surface area contributed by atoms with Gasteiger partial charge in [0.25, 0.3) is 0 Å². The van der Waals surface area contributed by atoms with Crippen LogP contribution in [-0.4, -0.2) is 29.3 Å². The van der Waals surface area contributed by atoms with Crippen molar-refractivity contribution in [2.75, 3.05) is 13.6 Å². The summed E-state index contributed by atoms with van der Waals surface area (Å²) in [6.45, 7) is 3.57. The van der Waals surface area contributed by atoms with Crippen molar-refractivity contribution in [2.45, 2.75) is 26.3 Å². The van der Waals surface area contributed by atoms with Gasteiger partial charge in [0.15, 0.2) is 0 Å². The van der Waals surface area contributed by atoms with Gasteiger partial charge in [-0.2, -0.15) is 0 Å². The van der Waals surface area contributed by atoms with Gasteiger partial charge in [0.1, 0.15) is 5.78 Å². The topological polar surface area (TPSA) is 36.1 Å². The van der Waals surface area contributed by atoms with E-state index in [0.717, 1.165) is 19.5 Å². The second-order valence-electron chi connectivity index (χ2n) is 3.76. The lowest BCUT2D eigenvalue weighted by atomic mass is 10.2. The Bertz CT molecular complexity index is 267. The van der Waals surface area contributed by atoms with Crippen molar-refractivity contribution in [1.29, 1.82) is 0 Å². The number of H-pyrrole nitrogens is 1.